The minimum atomic E-state index is -1.15. The molecular formula is C24H32O7. The van der Waals surface area contributed by atoms with Crippen molar-refractivity contribution in [3.63, 3.8) is 0 Å². The Balaban J connectivity index is 2.45. The van der Waals surface area contributed by atoms with E-state index < -0.39 is 35.3 Å². The summed E-state index contributed by atoms with van der Waals surface area (Å²) in [5.74, 6) is -2.03. The molecule has 0 aromatic rings. The second kappa shape index (κ2) is 9.64. The van der Waals surface area contributed by atoms with E-state index in [1.54, 1.807) is 13.8 Å². The molecule has 0 saturated heterocycles. The van der Waals surface area contributed by atoms with E-state index in [1.807, 2.05) is 19.1 Å². The van der Waals surface area contributed by atoms with Crippen molar-refractivity contribution in [2.75, 3.05) is 0 Å². The minimum absolute atomic E-state index is 0.312. The molecule has 1 aliphatic carbocycles. The summed E-state index contributed by atoms with van der Waals surface area (Å²) in [5, 5.41) is 9.93. The van der Waals surface area contributed by atoms with E-state index in [-0.39, 0.29) is 11.7 Å². The highest BCUT2D eigenvalue weighted by Gasteiger charge is 2.43. The molecule has 4 atom stereocenters. The molecule has 31 heavy (non-hydrogen) atoms. The van der Waals surface area contributed by atoms with E-state index in [1.165, 1.54) is 32.3 Å². The second-order valence-corrected chi connectivity index (χ2v) is 8.88. The van der Waals surface area contributed by atoms with Gasteiger partial charge in [-0.15, -0.1) is 0 Å². The van der Waals surface area contributed by atoms with Crippen LogP contribution in [0, 0.1) is 11.8 Å². The maximum Gasteiger partial charge on any atom is 0.305 e. The Kier molecular flexibility index (Phi) is 7.65. The van der Waals surface area contributed by atoms with Crippen LogP contribution in [0.25, 0.3) is 0 Å². The molecule has 0 spiro atoms. The second-order valence-electron chi connectivity index (χ2n) is 8.88. The van der Waals surface area contributed by atoms with Gasteiger partial charge in [0.25, 0.3) is 0 Å². The van der Waals surface area contributed by atoms with Crippen LogP contribution in [0.1, 0.15) is 53.9 Å². The lowest BCUT2D eigenvalue weighted by molar-refractivity contribution is -0.180. The molecule has 0 radical (unpaired) electrons. The smallest absolute Gasteiger partial charge is 0.305 e. The van der Waals surface area contributed by atoms with Crippen LogP contribution in [0.15, 0.2) is 48.3 Å². The maximum atomic E-state index is 13.0. The van der Waals surface area contributed by atoms with Crippen molar-refractivity contribution >= 4 is 17.7 Å². The normalized spacial score (nSPS) is 29.0. The van der Waals surface area contributed by atoms with Gasteiger partial charge in [0.1, 0.15) is 5.60 Å². The fourth-order valence-electron chi connectivity index (χ4n) is 3.92. The van der Waals surface area contributed by atoms with Crippen molar-refractivity contribution < 1.29 is 33.7 Å². The summed E-state index contributed by atoms with van der Waals surface area (Å²) in [6.07, 6.45) is 8.21. The topological polar surface area (TPSA) is 99.1 Å². The molecule has 7 heteroatoms. The predicted octanol–water partition coefficient (Wildman–Crippen LogP) is 3.54. The minimum Gasteiger partial charge on any atom is -0.461 e. The van der Waals surface area contributed by atoms with Crippen LogP contribution in [-0.2, 0) is 28.6 Å². The molecule has 0 aromatic carbocycles. The van der Waals surface area contributed by atoms with Crippen LogP contribution in [0.3, 0.4) is 0 Å². The fourth-order valence-corrected chi connectivity index (χ4v) is 3.92. The lowest BCUT2D eigenvalue weighted by Crippen LogP contribution is -2.40. The first-order valence-corrected chi connectivity index (χ1v) is 10.3. The molecule has 170 valence electrons. The average Bonchev–Trinajstić information content (AvgIpc) is 2.67. The summed E-state index contributed by atoms with van der Waals surface area (Å²) in [5.41, 5.74) is -0.856. The summed E-state index contributed by atoms with van der Waals surface area (Å²) in [6, 6.07) is 0. The fraction of sp³-hybridized carbons (Fsp3) is 0.542. The molecule has 1 N–H and O–H groups in total. The Labute approximate surface area is 183 Å². The Morgan fingerprint density at radius 2 is 1.97 bits per heavy atom. The third-order valence-corrected chi connectivity index (χ3v) is 5.32. The number of ether oxygens (including phenoxy) is 3. The van der Waals surface area contributed by atoms with Crippen molar-refractivity contribution in [1.82, 2.24) is 0 Å². The van der Waals surface area contributed by atoms with Gasteiger partial charge in [-0.25, -0.2) is 0 Å². The highest BCUT2D eigenvalue weighted by atomic mass is 16.7. The number of rotatable bonds is 5. The zero-order valence-electron chi connectivity index (χ0n) is 18.8. The number of ketones is 1. The summed E-state index contributed by atoms with van der Waals surface area (Å²) in [4.78, 5) is 36.2. The Bertz CT molecular complexity index is 827. The number of esters is 2. The number of hydrogen-bond donors (Lipinski definition) is 1. The lowest BCUT2D eigenvalue weighted by Gasteiger charge is -2.38. The number of hydrogen-bond acceptors (Lipinski definition) is 7. The molecule has 0 bridgehead atoms. The number of aliphatic hydroxyl groups is 1. The van der Waals surface area contributed by atoms with Crippen LogP contribution in [0.5, 0.6) is 0 Å². The van der Waals surface area contributed by atoms with E-state index in [9.17, 15) is 19.5 Å². The average molecular weight is 433 g/mol. The summed E-state index contributed by atoms with van der Waals surface area (Å²) in [6.45, 7) is 11.8. The molecule has 0 fully saturated rings. The van der Waals surface area contributed by atoms with Gasteiger partial charge >= 0.3 is 11.9 Å². The summed E-state index contributed by atoms with van der Waals surface area (Å²) < 4.78 is 16.6. The number of allylic oxidation sites excluding steroid dienone is 3. The first kappa shape index (κ1) is 24.6. The molecule has 1 aliphatic heterocycles. The van der Waals surface area contributed by atoms with Crippen LogP contribution < -0.4 is 0 Å². The quantitative estimate of drug-likeness (QED) is 0.403. The number of carbonyl (C=O) groups excluding carboxylic acids is 3. The highest BCUT2D eigenvalue weighted by molar-refractivity contribution is 6.04. The maximum absolute atomic E-state index is 13.0. The van der Waals surface area contributed by atoms with Crippen molar-refractivity contribution in [3.8, 4) is 0 Å². The third-order valence-electron chi connectivity index (χ3n) is 5.32. The van der Waals surface area contributed by atoms with E-state index in [0.717, 1.165) is 5.57 Å². The van der Waals surface area contributed by atoms with E-state index >= 15 is 0 Å². The monoisotopic (exact) mass is 432 g/mol. The molecule has 0 aromatic heterocycles. The van der Waals surface area contributed by atoms with Gasteiger partial charge in [-0.05, 0) is 58.3 Å². The molecule has 0 amide bonds. The van der Waals surface area contributed by atoms with Crippen LogP contribution in [0.4, 0.5) is 0 Å². The molecule has 2 rings (SSSR count). The van der Waals surface area contributed by atoms with Crippen LogP contribution in [0.2, 0.25) is 0 Å². The molecule has 4 unspecified atom stereocenters. The molecule has 7 nitrogen and oxygen atoms in total. The third kappa shape index (κ3) is 6.92. The molecule has 2 aliphatic rings. The highest BCUT2D eigenvalue weighted by Crippen LogP contribution is 2.42. The van der Waals surface area contributed by atoms with Gasteiger partial charge in [-0.2, -0.15) is 0 Å². The van der Waals surface area contributed by atoms with E-state index in [2.05, 4.69) is 6.58 Å². The standard InChI is InChI=1S/C24H32O7/c1-15-8-7-11-24(6,31-17(3)26)13-9-18-19(20(27)10-12-23(4,5)28)14-29-22(21(15)18)30-16(2)25/h7,10-12,14,18,21-22,28H,1,8-9,13H2,2-6H3. The predicted molar refractivity (Wildman–Crippen MR) is 114 cm³/mol. The van der Waals surface area contributed by atoms with Gasteiger partial charge in [0.15, 0.2) is 5.78 Å². The first-order chi connectivity index (χ1) is 14.3. The van der Waals surface area contributed by atoms with E-state index in [0.29, 0.717) is 24.8 Å². The van der Waals surface area contributed by atoms with Gasteiger partial charge in [-0.3, -0.25) is 14.4 Å². The Hall–Kier alpha value is -2.67. The van der Waals surface area contributed by atoms with E-state index in [4.69, 9.17) is 14.2 Å². The van der Waals surface area contributed by atoms with Crippen molar-refractivity contribution in [1.29, 1.82) is 0 Å². The largest absolute Gasteiger partial charge is 0.461 e. The van der Waals surface area contributed by atoms with Gasteiger partial charge in [-0.1, -0.05) is 18.2 Å². The zero-order chi connectivity index (χ0) is 23.4. The molecule has 1 heterocycles. The van der Waals surface area contributed by atoms with Gasteiger partial charge in [0, 0.05) is 25.3 Å². The first-order valence-electron chi connectivity index (χ1n) is 10.3. The lowest BCUT2D eigenvalue weighted by atomic mass is 9.74. The van der Waals surface area contributed by atoms with Gasteiger partial charge in [0.05, 0.1) is 17.8 Å². The molecular weight excluding hydrogens is 400 g/mol. The zero-order valence-corrected chi connectivity index (χ0v) is 18.8. The van der Waals surface area contributed by atoms with Crippen LogP contribution in [-0.4, -0.2) is 40.3 Å². The Morgan fingerprint density at radius 1 is 1.29 bits per heavy atom. The number of fused-ring (bicyclic) bond motifs is 1. The van der Waals surface area contributed by atoms with Crippen molar-refractivity contribution in [2.24, 2.45) is 11.8 Å². The van der Waals surface area contributed by atoms with Crippen molar-refractivity contribution in [3.05, 3.63) is 48.3 Å². The number of carbonyl (C=O) groups is 3. The van der Waals surface area contributed by atoms with Crippen LogP contribution >= 0.6 is 0 Å². The van der Waals surface area contributed by atoms with Gasteiger partial charge in [0.2, 0.25) is 6.29 Å². The van der Waals surface area contributed by atoms with Gasteiger partial charge < -0.3 is 19.3 Å². The summed E-state index contributed by atoms with van der Waals surface area (Å²) >= 11 is 0. The van der Waals surface area contributed by atoms with Crippen molar-refractivity contribution in [2.45, 2.75) is 71.4 Å². The molecule has 0 saturated carbocycles. The SMILES string of the molecule is C=C1CC=CC(C)(OC(C)=O)CCC2C(C(=O)C=CC(C)(C)O)=COC(OC(C)=O)C12. The Morgan fingerprint density at radius 3 is 2.55 bits per heavy atom. The summed E-state index contributed by atoms with van der Waals surface area (Å²) in [7, 11) is 0.